The number of hydrogen-bond acceptors (Lipinski definition) is 3. The molecule has 140 valence electrons. The zero-order chi connectivity index (χ0) is 19.2. The molecule has 1 N–H and O–H groups in total. The van der Waals surface area contributed by atoms with E-state index in [1.165, 1.54) is 12.1 Å². The molecule has 0 unspecified atom stereocenters. The lowest BCUT2D eigenvalue weighted by Gasteiger charge is -2.21. The van der Waals surface area contributed by atoms with E-state index < -0.39 is 10.0 Å². The number of nitrogens with zero attached hydrogens (tertiary/aromatic N) is 1. The fourth-order valence-corrected chi connectivity index (χ4v) is 3.93. The van der Waals surface area contributed by atoms with Crippen LogP contribution in [-0.2, 0) is 10.0 Å². The van der Waals surface area contributed by atoms with Gasteiger partial charge in [-0.05, 0) is 55.3 Å². The fourth-order valence-electron chi connectivity index (χ4n) is 2.57. The Bertz CT molecular complexity index is 845. The maximum atomic E-state index is 12.7. The third kappa shape index (κ3) is 5.32. The van der Waals surface area contributed by atoms with Gasteiger partial charge in [0.25, 0.3) is 15.9 Å². The minimum absolute atomic E-state index is 0.0687. The fraction of sp³-hybridized carbons (Fsp3) is 0.316. The average molecular weight is 439 g/mol. The highest BCUT2D eigenvalue weighted by molar-refractivity contribution is 9.10. The van der Waals surface area contributed by atoms with E-state index in [4.69, 9.17) is 0 Å². The summed E-state index contributed by atoms with van der Waals surface area (Å²) in [5.41, 5.74) is 0.842. The number of benzene rings is 2. The van der Waals surface area contributed by atoms with Crippen LogP contribution >= 0.6 is 15.9 Å². The highest BCUT2D eigenvalue weighted by Gasteiger charge is 2.19. The van der Waals surface area contributed by atoms with Gasteiger partial charge < -0.3 is 4.90 Å². The molecule has 0 aromatic heterocycles. The van der Waals surface area contributed by atoms with Gasteiger partial charge in [-0.1, -0.05) is 35.8 Å². The molecule has 0 aliphatic heterocycles. The monoisotopic (exact) mass is 438 g/mol. The Morgan fingerprint density at radius 1 is 1.04 bits per heavy atom. The van der Waals surface area contributed by atoms with E-state index in [2.05, 4.69) is 20.7 Å². The first-order valence-corrected chi connectivity index (χ1v) is 10.8. The largest absolute Gasteiger partial charge is 0.339 e. The Kier molecular flexibility index (Phi) is 7.23. The summed E-state index contributed by atoms with van der Waals surface area (Å²) in [5, 5.41) is 0. The average Bonchev–Trinajstić information content (AvgIpc) is 2.63. The standard InChI is InChI=1S/C19H23BrN2O3S/c1-3-12-22(13-4-2)19(23)15-6-5-7-18(14-15)26(24,25)21-17-10-8-16(20)9-11-17/h5-11,14,21H,3-4,12-13H2,1-2H3. The summed E-state index contributed by atoms with van der Waals surface area (Å²) in [6, 6.07) is 13.0. The molecule has 2 aromatic rings. The number of carbonyl (C=O) groups excluding carboxylic acids is 1. The van der Waals surface area contributed by atoms with Gasteiger partial charge in [0, 0.05) is 28.8 Å². The van der Waals surface area contributed by atoms with E-state index in [9.17, 15) is 13.2 Å². The quantitative estimate of drug-likeness (QED) is 0.658. The lowest BCUT2D eigenvalue weighted by molar-refractivity contribution is 0.0755. The van der Waals surface area contributed by atoms with E-state index in [-0.39, 0.29) is 10.8 Å². The van der Waals surface area contributed by atoms with Crippen molar-refractivity contribution in [1.29, 1.82) is 0 Å². The number of carbonyl (C=O) groups is 1. The number of rotatable bonds is 8. The minimum Gasteiger partial charge on any atom is -0.339 e. The predicted octanol–water partition coefficient (Wildman–Crippen LogP) is 4.51. The van der Waals surface area contributed by atoms with Crippen LogP contribution in [-0.4, -0.2) is 32.3 Å². The molecule has 0 bridgehead atoms. The van der Waals surface area contributed by atoms with Crippen molar-refractivity contribution in [2.45, 2.75) is 31.6 Å². The molecular weight excluding hydrogens is 416 g/mol. The number of nitrogens with one attached hydrogen (secondary N) is 1. The zero-order valence-corrected chi connectivity index (χ0v) is 17.3. The summed E-state index contributed by atoms with van der Waals surface area (Å²) in [4.78, 5) is 14.5. The van der Waals surface area contributed by atoms with Crippen molar-refractivity contribution in [3.8, 4) is 0 Å². The molecule has 1 amide bonds. The second-order valence-electron chi connectivity index (χ2n) is 5.93. The summed E-state index contributed by atoms with van der Waals surface area (Å²) in [6.45, 7) is 5.33. The van der Waals surface area contributed by atoms with Gasteiger partial charge in [0.1, 0.15) is 0 Å². The molecule has 7 heteroatoms. The van der Waals surface area contributed by atoms with Gasteiger partial charge in [0.15, 0.2) is 0 Å². The van der Waals surface area contributed by atoms with Gasteiger partial charge in [0.2, 0.25) is 0 Å². The van der Waals surface area contributed by atoms with Gasteiger partial charge >= 0.3 is 0 Å². The van der Waals surface area contributed by atoms with E-state index in [0.717, 1.165) is 17.3 Å². The molecule has 0 aliphatic rings. The molecule has 0 heterocycles. The molecule has 0 radical (unpaired) electrons. The number of sulfonamides is 1. The van der Waals surface area contributed by atoms with E-state index in [1.807, 2.05) is 13.8 Å². The van der Waals surface area contributed by atoms with Crippen LogP contribution in [0.3, 0.4) is 0 Å². The van der Waals surface area contributed by atoms with Gasteiger partial charge in [0.05, 0.1) is 4.90 Å². The van der Waals surface area contributed by atoms with Crippen molar-refractivity contribution in [1.82, 2.24) is 4.90 Å². The normalized spacial score (nSPS) is 11.2. The lowest BCUT2D eigenvalue weighted by Crippen LogP contribution is -2.32. The first kappa shape index (κ1) is 20.5. The SMILES string of the molecule is CCCN(CCC)C(=O)c1cccc(S(=O)(=O)Nc2ccc(Br)cc2)c1. The lowest BCUT2D eigenvalue weighted by atomic mass is 10.2. The predicted molar refractivity (Wildman–Crippen MR) is 108 cm³/mol. The van der Waals surface area contributed by atoms with Crippen LogP contribution in [0.25, 0.3) is 0 Å². The number of hydrogen-bond donors (Lipinski definition) is 1. The Hall–Kier alpha value is -1.86. The van der Waals surface area contributed by atoms with Crippen LogP contribution in [0.15, 0.2) is 57.9 Å². The molecule has 0 atom stereocenters. The Balaban J connectivity index is 2.26. The van der Waals surface area contributed by atoms with Crippen LogP contribution in [0.1, 0.15) is 37.0 Å². The number of amides is 1. The molecule has 0 spiro atoms. The van der Waals surface area contributed by atoms with Gasteiger partial charge in [-0.3, -0.25) is 9.52 Å². The second-order valence-corrected chi connectivity index (χ2v) is 8.53. The Labute approximate surface area is 163 Å². The maximum absolute atomic E-state index is 12.7. The van der Waals surface area contributed by atoms with Crippen molar-refractivity contribution < 1.29 is 13.2 Å². The molecule has 0 saturated heterocycles. The van der Waals surface area contributed by atoms with Crippen molar-refractivity contribution >= 4 is 37.5 Å². The van der Waals surface area contributed by atoms with Crippen LogP contribution < -0.4 is 4.72 Å². The van der Waals surface area contributed by atoms with Crippen LogP contribution in [0.4, 0.5) is 5.69 Å². The van der Waals surface area contributed by atoms with E-state index >= 15 is 0 Å². The topological polar surface area (TPSA) is 66.5 Å². The van der Waals surface area contributed by atoms with Crippen LogP contribution in [0, 0.1) is 0 Å². The zero-order valence-electron chi connectivity index (χ0n) is 14.9. The third-order valence-corrected chi connectivity index (χ3v) is 5.67. The summed E-state index contributed by atoms with van der Waals surface area (Å²) in [6.07, 6.45) is 1.71. The summed E-state index contributed by atoms with van der Waals surface area (Å²) < 4.78 is 28.7. The summed E-state index contributed by atoms with van der Waals surface area (Å²) >= 11 is 3.31. The maximum Gasteiger partial charge on any atom is 0.261 e. The first-order valence-electron chi connectivity index (χ1n) is 8.55. The van der Waals surface area contributed by atoms with Crippen molar-refractivity contribution in [2.75, 3.05) is 17.8 Å². The summed E-state index contributed by atoms with van der Waals surface area (Å²) in [7, 11) is -3.77. The smallest absolute Gasteiger partial charge is 0.261 e. The highest BCUT2D eigenvalue weighted by atomic mass is 79.9. The van der Waals surface area contributed by atoms with Gasteiger partial charge in [-0.25, -0.2) is 8.42 Å². The van der Waals surface area contributed by atoms with Crippen molar-refractivity contribution in [3.63, 3.8) is 0 Å². The third-order valence-electron chi connectivity index (χ3n) is 3.76. The Morgan fingerprint density at radius 3 is 2.23 bits per heavy atom. The molecule has 2 aromatic carbocycles. The van der Waals surface area contributed by atoms with E-state index in [1.54, 1.807) is 41.3 Å². The first-order chi connectivity index (χ1) is 12.4. The molecule has 0 fully saturated rings. The Morgan fingerprint density at radius 2 is 1.65 bits per heavy atom. The molecule has 26 heavy (non-hydrogen) atoms. The molecule has 0 aliphatic carbocycles. The van der Waals surface area contributed by atoms with Crippen LogP contribution in [0.5, 0.6) is 0 Å². The number of halogens is 1. The van der Waals surface area contributed by atoms with Gasteiger partial charge in [-0.2, -0.15) is 0 Å². The molecular formula is C19H23BrN2O3S. The molecule has 0 saturated carbocycles. The second kappa shape index (κ2) is 9.19. The molecule has 5 nitrogen and oxygen atoms in total. The van der Waals surface area contributed by atoms with Crippen LogP contribution in [0.2, 0.25) is 0 Å². The van der Waals surface area contributed by atoms with E-state index in [0.29, 0.717) is 24.3 Å². The summed E-state index contributed by atoms with van der Waals surface area (Å²) in [5.74, 6) is -0.144. The van der Waals surface area contributed by atoms with Crippen molar-refractivity contribution in [3.05, 3.63) is 58.6 Å². The minimum atomic E-state index is -3.77. The molecule has 2 rings (SSSR count). The van der Waals surface area contributed by atoms with Gasteiger partial charge in [-0.15, -0.1) is 0 Å². The highest BCUT2D eigenvalue weighted by Crippen LogP contribution is 2.20. The van der Waals surface area contributed by atoms with Crippen molar-refractivity contribution in [2.24, 2.45) is 0 Å². The number of anilines is 1.